The van der Waals surface area contributed by atoms with E-state index in [1.165, 1.54) is 0 Å². The second kappa shape index (κ2) is 10.6. The van der Waals surface area contributed by atoms with Crippen molar-refractivity contribution in [1.29, 1.82) is 0 Å². The van der Waals surface area contributed by atoms with Gasteiger partial charge >= 0.3 is 6.09 Å². The highest BCUT2D eigenvalue weighted by atomic mass is 79.9. The molecule has 2 heterocycles. The van der Waals surface area contributed by atoms with Crippen LogP contribution in [0.3, 0.4) is 0 Å². The second-order valence-corrected chi connectivity index (χ2v) is 14.3. The van der Waals surface area contributed by atoms with Crippen molar-refractivity contribution in [2.75, 3.05) is 6.54 Å². The molecule has 1 aliphatic heterocycles. The lowest BCUT2D eigenvalue weighted by Crippen LogP contribution is -2.45. The highest BCUT2D eigenvalue weighted by Gasteiger charge is 2.46. The molecule has 2 N–H and O–H groups in total. The fourth-order valence-electron chi connectivity index (χ4n) is 4.42. The summed E-state index contributed by atoms with van der Waals surface area (Å²) in [5.41, 5.74) is 0.685. The molecule has 1 aromatic heterocycles. The van der Waals surface area contributed by atoms with Crippen molar-refractivity contribution in [1.82, 2.24) is 14.6 Å². The second-order valence-electron chi connectivity index (χ2n) is 11.4. The predicted octanol–water partition coefficient (Wildman–Crippen LogP) is 5.78. The minimum atomic E-state index is -1.15. The fourth-order valence-corrected chi connectivity index (χ4v) is 5.52. The van der Waals surface area contributed by atoms with Gasteiger partial charge in [0.2, 0.25) is 0 Å². The summed E-state index contributed by atoms with van der Waals surface area (Å²) in [5, 5.41) is 9.57. The number of hydrogen-bond donors (Lipinski definition) is 2. The molecule has 2 rings (SSSR count). The Hall–Kier alpha value is -0.830. The summed E-state index contributed by atoms with van der Waals surface area (Å²) in [7, 11) is 0. The molecule has 0 bridgehead atoms. The normalized spacial score (nSPS) is 20.9. The Labute approximate surface area is 205 Å². The molecule has 8 heteroatoms. The van der Waals surface area contributed by atoms with Gasteiger partial charge in [0, 0.05) is 46.2 Å². The summed E-state index contributed by atoms with van der Waals surface area (Å²) in [6.07, 6.45) is 5.43. The first-order chi connectivity index (χ1) is 14.6. The lowest BCUT2D eigenvalue weighted by atomic mass is 9.72. The summed E-state index contributed by atoms with van der Waals surface area (Å²) in [6, 6.07) is 4.05. The fraction of sp³-hybridized carbons (Fsp3) is 0.750. The van der Waals surface area contributed by atoms with Crippen LogP contribution in [0.15, 0.2) is 22.8 Å². The van der Waals surface area contributed by atoms with Gasteiger partial charge in [0.1, 0.15) is 4.75 Å². The molecule has 1 aromatic rings. The topological polar surface area (TPSA) is 88.5 Å². The van der Waals surface area contributed by atoms with E-state index in [0.29, 0.717) is 12.5 Å². The Morgan fingerprint density at radius 2 is 2.03 bits per heavy atom. The zero-order valence-electron chi connectivity index (χ0n) is 20.6. The molecule has 0 spiro atoms. The van der Waals surface area contributed by atoms with Crippen molar-refractivity contribution < 1.29 is 14.5 Å². The number of hydrogen-bond acceptors (Lipinski definition) is 4. The van der Waals surface area contributed by atoms with Crippen LogP contribution < -0.4 is 4.72 Å². The summed E-state index contributed by atoms with van der Waals surface area (Å²) in [4.78, 5) is 17.7. The van der Waals surface area contributed by atoms with Crippen molar-refractivity contribution in [3.63, 3.8) is 0 Å². The van der Waals surface area contributed by atoms with Crippen molar-refractivity contribution in [2.24, 2.45) is 11.3 Å². The Morgan fingerprint density at radius 3 is 2.53 bits per heavy atom. The number of amides is 1. The number of likely N-dealkylation sites (tertiary alicyclic amines) is 1. The number of aromatic nitrogens is 1. The van der Waals surface area contributed by atoms with E-state index < -0.39 is 17.5 Å². The molecule has 1 amide bonds. The quantitative estimate of drug-likeness (QED) is 0.395. The van der Waals surface area contributed by atoms with Crippen molar-refractivity contribution in [2.45, 2.75) is 96.9 Å². The molecule has 2 unspecified atom stereocenters. The van der Waals surface area contributed by atoms with Crippen LogP contribution in [-0.2, 0) is 17.8 Å². The number of nitrogens with one attached hydrogen (secondary N) is 1. The maximum Gasteiger partial charge on any atom is 0.407 e. The van der Waals surface area contributed by atoms with Crippen LogP contribution in [-0.4, -0.2) is 48.5 Å². The van der Waals surface area contributed by atoms with E-state index in [1.807, 2.05) is 46.8 Å². The third-order valence-corrected chi connectivity index (χ3v) is 8.79. The molecule has 1 fully saturated rings. The van der Waals surface area contributed by atoms with Crippen LogP contribution in [0.25, 0.3) is 0 Å². The number of rotatable bonds is 9. The van der Waals surface area contributed by atoms with E-state index >= 15 is 0 Å². The molecule has 3 atom stereocenters. The molecule has 0 aromatic carbocycles. The number of carbonyl (C=O) groups is 1. The van der Waals surface area contributed by atoms with Crippen molar-refractivity contribution in [3.8, 4) is 0 Å². The van der Waals surface area contributed by atoms with Crippen molar-refractivity contribution >= 4 is 33.4 Å². The van der Waals surface area contributed by atoms with Crippen LogP contribution in [0.1, 0.15) is 79.8 Å². The van der Waals surface area contributed by atoms with Gasteiger partial charge in [-0.1, -0.05) is 20.3 Å². The Bertz CT molecular complexity index is 765. The van der Waals surface area contributed by atoms with Gasteiger partial charge in [-0.15, -0.1) is 4.72 Å². The van der Waals surface area contributed by atoms with Crippen LogP contribution in [0.2, 0.25) is 0 Å². The molecule has 1 saturated heterocycles. The van der Waals surface area contributed by atoms with Crippen LogP contribution in [0.5, 0.6) is 0 Å². The molecule has 1 aliphatic rings. The van der Waals surface area contributed by atoms with Gasteiger partial charge in [0.25, 0.3) is 0 Å². The maximum atomic E-state index is 12.8. The van der Waals surface area contributed by atoms with E-state index in [1.54, 1.807) is 11.1 Å². The van der Waals surface area contributed by atoms with Crippen LogP contribution in [0.4, 0.5) is 4.79 Å². The van der Waals surface area contributed by atoms with Gasteiger partial charge in [-0.05, 0) is 93.3 Å². The molecule has 182 valence electrons. The molecule has 32 heavy (non-hydrogen) atoms. The highest BCUT2D eigenvalue weighted by molar-refractivity contribution is 9.10. The van der Waals surface area contributed by atoms with Crippen molar-refractivity contribution in [3.05, 3.63) is 28.5 Å². The SMILES string of the molecule is CC(C)(CCCC(Cc1ccc(Br)cn1)N[S+]([O-])C(C)(C)C)[C@H]1CN(C(=O)O)C(C)(C)C1. The molecule has 0 radical (unpaired) electrons. The largest absolute Gasteiger partial charge is 0.598 e. The Morgan fingerprint density at radius 1 is 1.38 bits per heavy atom. The van der Waals surface area contributed by atoms with Gasteiger partial charge in [-0.25, -0.2) is 4.79 Å². The van der Waals surface area contributed by atoms with Gasteiger partial charge in [0.05, 0.1) is 6.04 Å². The molecular formula is C24H40BrN3O3S. The van der Waals surface area contributed by atoms with Gasteiger partial charge in [0.15, 0.2) is 0 Å². The first-order valence-corrected chi connectivity index (χ1v) is 13.4. The van der Waals surface area contributed by atoms with E-state index in [-0.39, 0.29) is 21.7 Å². The predicted molar refractivity (Wildman–Crippen MR) is 135 cm³/mol. The standard InChI is InChI=1S/C24H40BrN3O3S/c1-22(2,3)32(31)27-20(13-19-11-10-18(25)15-26-19)9-8-12-23(4,5)17-14-24(6,7)28(16-17)21(29)30/h10-11,15,17,20,27H,8-9,12-14,16H2,1-7H3,(H,29,30)/t17-,20?,32?/m1/s1. The van der Waals surface area contributed by atoms with Gasteiger partial charge in [-0.2, -0.15) is 0 Å². The maximum absolute atomic E-state index is 12.8. The number of carboxylic acid groups (broad SMARTS) is 1. The van der Waals surface area contributed by atoms with Gasteiger partial charge < -0.3 is 14.6 Å². The van der Waals surface area contributed by atoms with E-state index in [4.69, 9.17) is 0 Å². The van der Waals surface area contributed by atoms with E-state index in [9.17, 15) is 14.5 Å². The summed E-state index contributed by atoms with van der Waals surface area (Å²) in [6.45, 7) is 15.1. The lowest BCUT2D eigenvalue weighted by Gasteiger charge is -2.33. The average Bonchev–Trinajstić information content (AvgIpc) is 2.99. The lowest BCUT2D eigenvalue weighted by molar-refractivity contribution is 0.115. The Balaban J connectivity index is 2.01. The summed E-state index contributed by atoms with van der Waals surface area (Å²) in [5.74, 6) is 0.330. The molecular weight excluding hydrogens is 490 g/mol. The highest BCUT2D eigenvalue weighted by Crippen LogP contribution is 2.44. The third kappa shape index (κ3) is 7.61. The zero-order chi connectivity index (χ0) is 24.3. The third-order valence-electron chi connectivity index (χ3n) is 6.66. The monoisotopic (exact) mass is 529 g/mol. The minimum absolute atomic E-state index is 0.0328. The molecule has 0 saturated carbocycles. The summed E-state index contributed by atoms with van der Waals surface area (Å²) < 4.78 is 16.7. The number of pyridine rings is 1. The zero-order valence-corrected chi connectivity index (χ0v) is 23.0. The molecule has 6 nitrogen and oxygen atoms in total. The van der Waals surface area contributed by atoms with E-state index in [0.717, 1.165) is 42.3 Å². The average molecular weight is 531 g/mol. The summed E-state index contributed by atoms with van der Waals surface area (Å²) >= 11 is 2.28. The Kier molecular flexibility index (Phi) is 9.10. The number of nitrogens with zero attached hydrogens (tertiary/aromatic N) is 2. The van der Waals surface area contributed by atoms with Gasteiger partial charge in [-0.3, -0.25) is 4.98 Å². The smallest absolute Gasteiger partial charge is 0.407 e. The minimum Gasteiger partial charge on any atom is -0.598 e. The first-order valence-electron chi connectivity index (χ1n) is 11.4. The van der Waals surface area contributed by atoms with Crippen LogP contribution >= 0.6 is 15.9 Å². The number of halogens is 1. The molecule has 0 aliphatic carbocycles. The van der Waals surface area contributed by atoms with E-state index in [2.05, 4.69) is 39.5 Å². The first kappa shape index (κ1) is 27.4. The van der Waals surface area contributed by atoms with Crippen LogP contribution in [0, 0.1) is 11.3 Å².